The molecule has 0 spiro atoms. The lowest BCUT2D eigenvalue weighted by Gasteiger charge is -2.44. The van der Waals surface area contributed by atoms with Crippen molar-refractivity contribution >= 4 is 20.2 Å². The van der Waals surface area contributed by atoms with Gasteiger partial charge in [-0.3, -0.25) is 14.2 Å². The van der Waals surface area contributed by atoms with Crippen LogP contribution in [0.2, 0.25) is 0 Å². The molecule has 0 saturated heterocycles. The molecule has 0 radical (unpaired) electrons. The van der Waals surface area contributed by atoms with Crippen molar-refractivity contribution in [2.45, 2.75) is 102 Å². The average molecular weight is 507 g/mol. The Morgan fingerprint density at radius 2 is 1.46 bits per heavy atom. The van der Waals surface area contributed by atoms with E-state index in [1.165, 1.54) is 46.3 Å². The summed E-state index contributed by atoms with van der Waals surface area (Å²) in [5.41, 5.74) is -0.863. The van der Waals surface area contributed by atoms with Crippen molar-refractivity contribution in [1.82, 2.24) is 0 Å². The lowest BCUT2D eigenvalue weighted by atomic mass is 9.61. The van der Waals surface area contributed by atoms with Crippen LogP contribution in [0, 0.1) is 5.41 Å². The van der Waals surface area contributed by atoms with Crippen molar-refractivity contribution in [3.8, 4) is 11.5 Å². The van der Waals surface area contributed by atoms with Crippen molar-refractivity contribution in [3.63, 3.8) is 0 Å². The first-order chi connectivity index (χ1) is 16.9. The van der Waals surface area contributed by atoms with E-state index in [0.29, 0.717) is 29.9 Å². The minimum atomic E-state index is -1.49. The molecule has 35 heavy (non-hydrogen) atoms. The lowest BCUT2D eigenvalue weighted by molar-refractivity contribution is -0.150. The van der Waals surface area contributed by atoms with E-state index in [4.69, 9.17) is 14.2 Å². The molecule has 7 heteroatoms. The molecule has 0 aliphatic heterocycles. The Morgan fingerprint density at radius 1 is 0.914 bits per heavy atom. The van der Waals surface area contributed by atoms with Crippen molar-refractivity contribution in [2.24, 2.45) is 5.41 Å². The third-order valence-electron chi connectivity index (χ3n) is 7.54. The largest absolute Gasteiger partial charge is 0.496 e. The number of ether oxygens (including phenoxy) is 3. The molecular formula is C28H43O6P. The van der Waals surface area contributed by atoms with Gasteiger partial charge in [0.05, 0.1) is 26.2 Å². The van der Waals surface area contributed by atoms with Crippen LogP contribution in [-0.2, 0) is 14.1 Å². The molecule has 196 valence electrons. The van der Waals surface area contributed by atoms with E-state index in [9.17, 15) is 14.2 Å². The van der Waals surface area contributed by atoms with E-state index < -0.39 is 25.0 Å². The predicted octanol–water partition coefficient (Wildman–Crippen LogP) is 7.57. The van der Waals surface area contributed by atoms with Crippen molar-refractivity contribution < 1.29 is 28.4 Å². The molecule has 1 atom stereocenters. The fraction of sp³-hybridized carbons (Fsp3) is 0.714. The molecule has 1 saturated carbocycles. The Labute approximate surface area is 212 Å². The number of benzene rings is 1. The molecule has 0 heterocycles. The van der Waals surface area contributed by atoms with Gasteiger partial charge in [0.25, 0.3) is 0 Å². The summed E-state index contributed by atoms with van der Waals surface area (Å²) in [5, 5.41) is -1.49. The zero-order chi connectivity index (χ0) is 25.7. The first-order valence-corrected chi connectivity index (χ1v) is 14.0. The molecule has 6 nitrogen and oxygen atoms in total. The minimum Gasteiger partial charge on any atom is -0.496 e. The smallest absolute Gasteiger partial charge is 0.324 e. The maximum Gasteiger partial charge on any atom is 0.324 e. The Hall–Kier alpha value is -1.94. The van der Waals surface area contributed by atoms with Gasteiger partial charge in [-0.1, -0.05) is 77.2 Å². The van der Waals surface area contributed by atoms with Crippen LogP contribution in [-0.4, -0.2) is 37.7 Å². The van der Waals surface area contributed by atoms with Gasteiger partial charge in [-0.2, -0.15) is 0 Å². The van der Waals surface area contributed by atoms with Crippen LogP contribution >= 0.6 is 8.46 Å². The van der Waals surface area contributed by atoms with Crippen LogP contribution in [0.1, 0.15) is 108 Å². The SMILES string of the molecule is CCCCCCCCCCOC(=O)C(C)(P=O)C1(C(=O)c2c(OC)cccc2OC)CCCCC1. The number of carbonyl (C=O) groups is 2. The van der Waals surface area contributed by atoms with E-state index in [-0.39, 0.29) is 12.4 Å². The number of ketones is 1. The standard InChI is InChI=1S/C28H43O6P/c1-5-6-7-8-9-10-11-15-21-34-26(30)27(2,35-31)28(19-13-12-14-20-28)25(29)24-22(32-3)17-16-18-23(24)33-4/h16-18H,5-15,19-21H2,1-4H3. The summed E-state index contributed by atoms with van der Waals surface area (Å²) < 4.78 is 29.3. The normalized spacial score (nSPS) is 16.9. The van der Waals surface area contributed by atoms with E-state index in [0.717, 1.165) is 38.5 Å². The molecule has 1 unspecified atom stereocenters. The highest BCUT2D eigenvalue weighted by atomic mass is 31.1. The fourth-order valence-corrected chi connectivity index (χ4v) is 5.90. The highest BCUT2D eigenvalue weighted by Crippen LogP contribution is 2.55. The predicted molar refractivity (Wildman–Crippen MR) is 139 cm³/mol. The second-order valence-corrected chi connectivity index (χ2v) is 10.9. The highest BCUT2D eigenvalue weighted by Gasteiger charge is 2.60. The fourth-order valence-electron chi connectivity index (χ4n) is 5.27. The number of hydrogen-bond donors (Lipinski definition) is 0. The Bertz CT molecular complexity index is 810. The van der Waals surface area contributed by atoms with Crippen molar-refractivity contribution in [1.29, 1.82) is 0 Å². The molecule has 0 bridgehead atoms. The number of rotatable bonds is 16. The zero-order valence-corrected chi connectivity index (χ0v) is 22.9. The highest BCUT2D eigenvalue weighted by molar-refractivity contribution is 7.28. The number of unbranched alkanes of at least 4 members (excludes halogenated alkanes) is 7. The summed E-state index contributed by atoms with van der Waals surface area (Å²) in [7, 11) is 2.60. The van der Waals surface area contributed by atoms with E-state index in [1.807, 2.05) is 0 Å². The molecule has 1 aromatic carbocycles. The third-order valence-corrected chi connectivity index (χ3v) is 8.52. The van der Waals surface area contributed by atoms with Crippen LogP contribution in [0.3, 0.4) is 0 Å². The molecular weight excluding hydrogens is 463 g/mol. The number of carbonyl (C=O) groups excluding carboxylic acids is 2. The quantitative estimate of drug-likeness (QED) is 0.0995. The number of Topliss-reactive ketones (excluding diaryl/α,β-unsaturated/α-hetero) is 1. The summed E-state index contributed by atoms with van der Waals surface area (Å²) in [6.07, 6.45) is 12.6. The van der Waals surface area contributed by atoms with Crippen LogP contribution in [0.4, 0.5) is 0 Å². The number of esters is 1. The van der Waals surface area contributed by atoms with E-state index >= 15 is 0 Å². The van der Waals surface area contributed by atoms with Gasteiger partial charge >= 0.3 is 5.97 Å². The van der Waals surface area contributed by atoms with E-state index in [2.05, 4.69) is 6.92 Å². The molecule has 1 aromatic rings. The molecule has 1 aliphatic carbocycles. The third kappa shape index (κ3) is 6.84. The molecule has 1 aliphatic rings. The second-order valence-electron chi connectivity index (χ2n) is 9.78. The van der Waals surface area contributed by atoms with Crippen LogP contribution < -0.4 is 9.47 Å². The van der Waals surface area contributed by atoms with Crippen LogP contribution in [0.5, 0.6) is 11.5 Å². The van der Waals surface area contributed by atoms with Gasteiger partial charge in [0.15, 0.2) is 19.4 Å². The van der Waals surface area contributed by atoms with Crippen LogP contribution in [0.25, 0.3) is 0 Å². The van der Waals surface area contributed by atoms with Crippen molar-refractivity contribution in [3.05, 3.63) is 23.8 Å². The summed E-state index contributed by atoms with van der Waals surface area (Å²) in [6, 6.07) is 5.17. The number of methoxy groups -OCH3 is 2. The maximum absolute atomic E-state index is 14.2. The van der Waals surface area contributed by atoms with Gasteiger partial charge in [0, 0.05) is 0 Å². The van der Waals surface area contributed by atoms with Gasteiger partial charge in [0.1, 0.15) is 17.1 Å². The Morgan fingerprint density at radius 3 is 1.97 bits per heavy atom. The lowest BCUT2D eigenvalue weighted by Crippen LogP contribution is -2.54. The van der Waals surface area contributed by atoms with Gasteiger partial charge in [0.2, 0.25) is 0 Å². The summed E-state index contributed by atoms with van der Waals surface area (Å²) in [5.74, 6) is -0.0596. The Kier molecular flexibility index (Phi) is 12.2. The number of hydrogen-bond acceptors (Lipinski definition) is 6. The van der Waals surface area contributed by atoms with Crippen LogP contribution in [0.15, 0.2) is 18.2 Å². The monoisotopic (exact) mass is 506 g/mol. The summed E-state index contributed by atoms with van der Waals surface area (Å²) in [6.45, 7) is 4.10. The molecule has 1 fully saturated rings. The average Bonchev–Trinajstić information content (AvgIpc) is 2.90. The van der Waals surface area contributed by atoms with Gasteiger partial charge < -0.3 is 14.2 Å². The molecule has 0 amide bonds. The van der Waals surface area contributed by atoms with Crippen molar-refractivity contribution in [2.75, 3.05) is 20.8 Å². The summed E-state index contributed by atoms with van der Waals surface area (Å²) >= 11 is 0. The van der Waals surface area contributed by atoms with Gasteiger partial charge in [-0.15, -0.1) is 0 Å². The Balaban J connectivity index is 2.19. The topological polar surface area (TPSA) is 78.9 Å². The van der Waals surface area contributed by atoms with Gasteiger partial charge in [-0.05, 0) is 38.3 Å². The zero-order valence-electron chi connectivity index (χ0n) is 22.0. The summed E-state index contributed by atoms with van der Waals surface area (Å²) in [4.78, 5) is 27.6. The van der Waals surface area contributed by atoms with E-state index in [1.54, 1.807) is 25.1 Å². The second kappa shape index (κ2) is 14.6. The molecule has 2 rings (SSSR count). The molecule has 0 aromatic heterocycles. The molecule has 0 N–H and O–H groups in total. The first kappa shape index (κ1) is 29.3. The minimum absolute atomic E-state index is 0.263. The maximum atomic E-state index is 14.2. The first-order valence-electron chi connectivity index (χ1n) is 13.2. The van der Waals surface area contributed by atoms with Gasteiger partial charge in [-0.25, -0.2) is 0 Å².